The molecule has 0 spiro atoms. The van der Waals surface area contributed by atoms with Crippen LogP contribution in [0.5, 0.6) is 0 Å². The van der Waals surface area contributed by atoms with E-state index in [9.17, 15) is 9.18 Å². The number of rotatable bonds is 5. The van der Waals surface area contributed by atoms with E-state index >= 15 is 0 Å². The molecule has 0 bridgehead atoms. The smallest absolute Gasteiger partial charge is 0.340 e. The number of hydrogen-bond donors (Lipinski definition) is 1. The molecule has 110 valence electrons. The van der Waals surface area contributed by atoms with Gasteiger partial charge in [0.25, 0.3) is 0 Å². The summed E-state index contributed by atoms with van der Waals surface area (Å²) >= 11 is 3.12. The van der Waals surface area contributed by atoms with Gasteiger partial charge in [-0.15, -0.1) is 0 Å². The predicted octanol–water partition coefficient (Wildman–Crippen LogP) is 4.38. The Morgan fingerprint density at radius 2 is 2.05 bits per heavy atom. The Morgan fingerprint density at radius 3 is 2.76 bits per heavy atom. The Labute approximate surface area is 131 Å². The van der Waals surface area contributed by atoms with Crippen molar-refractivity contribution in [2.75, 3.05) is 11.9 Å². The Bertz CT molecular complexity index is 646. The molecule has 0 unspecified atom stereocenters. The highest BCUT2D eigenvalue weighted by molar-refractivity contribution is 9.10. The number of carbonyl (C=O) groups excluding carboxylic acids is 1. The van der Waals surface area contributed by atoms with Crippen LogP contribution in [0.2, 0.25) is 0 Å². The van der Waals surface area contributed by atoms with Crippen molar-refractivity contribution in [2.45, 2.75) is 13.5 Å². The molecular formula is C16H15BrFNO2. The topological polar surface area (TPSA) is 38.3 Å². The van der Waals surface area contributed by atoms with Crippen LogP contribution < -0.4 is 5.32 Å². The fourth-order valence-electron chi connectivity index (χ4n) is 1.87. The third kappa shape index (κ3) is 4.04. The summed E-state index contributed by atoms with van der Waals surface area (Å²) in [5.74, 6) is -0.685. The zero-order valence-corrected chi connectivity index (χ0v) is 13.1. The van der Waals surface area contributed by atoms with Crippen LogP contribution in [0.3, 0.4) is 0 Å². The number of halogens is 2. The maximum Gasteiger partial charge on any atom is 0.340 e. The van der Waals surface area contributed by atoms with Gasteiger partial charge in [0.2, 0.25) is 0 Å². The number of hydrogen-bond acceptors (Lipinski definition) is 3. The van der Waals surface area contributed by atoms with Crippen LogP contribution in [-0.2, 0) is 11.3 Å². The van der Waals surface area contributed by atoms with E-state index in [4.69, 9.17) is 4.74 Å². The first-order valence-corrected chi connectivity index (χ1v) is 7.35. The zero-order valence-electron chi connectivity index (χ0n) is 11.5. The molecule has 3 nitrogen and oxygen atoms in total. The standard InChI is InChI=1S/C16H15BrFNO2/c1-2-21-16(20)12-5-3-4-6-15(12)19-10-11-7-8-13(17)14(18)9-11/h3-9,19H,2,10H2,1H3. The number of esters is 1. The van der Waals surface area contributed by atoms with Gasteiger partial charge in [-0.25, -0.2) is 9.18 Å². The van der Waals surface area contributed by atoms with Gasteiger partial charge < -0.3 is 10.1 Å². The summed E-state index contributed by atoms with van der Waals surface area (Å²) in [6, 6.07) is 12.0. The molecule has 0 heterocycles. The summed E-state index contributed by atoms with van der Waals surface area (Å²) in [7, 11) is 0. The summed E-state index contributed by atoms with van der Waals surface area (Å²) < 4.78 is 18.9. The minimum atomic E-state index is -0.373. The highest BCUT2D eigenvalue weighted by Gasteiger charge is 2.11. The van der Waals surface area contributed by atoms with Crippen molar-refractivity contribution in [1.29, 1.82) is 0 Å². The van der Waals surface area contributed by atoms with E-state index in [0.717, 1.165) is 5.56 Å². The van der Waals surface area contributed by atoms with Crippen molar-refractivity contribution in [1.82, 2.24) is 0 Å². The van der Waals surface area contributed by atoms with E-state index in [1.54, 1.807) is 31.2 Å². The van der Waals surface area contributed by atoms with Crippen molar-refractivity contribution >= 4 is 27.6 Å². The van der Waals surface area contributed by atoms with E-state index in [2.05, 4.69) is 21.2 Å². The summed E-state index contributed by atoms with van der Waals surface area (Å²) in [5.41, 5.74) is 1.92. The maximum atomic E-state index is 13.5. The molecule has 0 aromatic heterocycles. The average Bonchev–Trinajstić information content (AvgIpc) is 2.49. The van der Waals surface area contributed by atoms with Gasteiger partial charge in [0.05, 0.1) is 16.6 Å². The molecule has 0 aliphatic heterocycles. The Morgan fingerprint density at radius 1 is 1.29 bits per heavy atom. The van der Waals surface area contributed by atoms with Gasteiger partial charge >= 0.3 is 5.97 Å². The van der Waals surface area contributed by atoms with Crippen LogP contribution in [0.15, 0.2) is 46.9 Å². The van der Waals surface area contributed by atoms with Gasteiger partial charge in [0.15, 0.2) is 0 Å². The highest BCUT2D eigenvalue weighted by Crippen LogP contribution is 2.20. The third-order valence-electron chi connectivity index (χ3n) is 2.89. The molecule has 0 aliphatic rings. The Hall–Kier alpha value is -1.88. The molecule has 2 aromatic carbocycles. The van der Waals surface area contributed by atoms with Crippen LogP contribution in [0.1, 0.15) is 22.8 Å². The lowest BCUT2D eigenvalue weighted by Gasteiger charge is -2.11. The fourth-order valence-corrected chi connectivity index (χ4v) is 2.12. The van der Waals surface area contributed by atoms with Crippen molar-refractivity contribution in [2.24, 2.45) is 0 Å². The van der Waals surface area contributed by atoms with Crippen LogP contribution in [-0.4, -0.2) is 12.6 Å². The molecule has 0 saturated carbocycles. The average molecular weight is 352 g/mol. The summed E-state index contributed by atoms with van der Waals surface area (Å²) in [4.78, 5) is 11.8. The van der Waals surface area contributed by atoms with Crippen molar-refractivity contribution < 1.29 is 13.9 Å². The van der Waals surface area contributed by atoms with Crippen LogP contribution in [0.25, 0.3) is 0 Å². The zero-order chi connectivity index (χ0) is 15.2. The van der Waals surface area contributed by atoms with E-state index < -0.39 is 0 Å². The summed E-state index contributed by atoms with van der Waals surface area (Å²) in [5, 5.41) is 3.13. The lowest BCUT2D eigenvalue weighted by atomic mass is 10.1. The van der Waals surface area contributed by atoms with Gasteiger partial charge in [-0.2, -0.15) is 0 Å². The number of carbonyl (C=O) groups is 1. The number of ether oxygens (including phenoxy) is 1. The normalized spacial score (nSPS) is 10.2. The lowest BCUT2D eigenvalue weighted by molar-refractivity contribution is 0.0527. The number of benzene rings is 2. The second-order valence-electron chi connectivity index (χ2n) is 4.37. The fraction of sp³-hybridized carbons (Fsp3) is 0.188. The van der Waals surface area contributed by atoms with Gasteiger partial charge in [0.1, 0.15) is 5.82 Å². The molecule has 21 heavy (non-hydrogen) atoms. The molecule has 0 saturated heterocycles. The highest BCUT2D eigenvalue weighted by atomic mass is 79.9. The quantitative estimate of drug-likeness (QED) is 0.812. The molecular weight excluding hydrogens is 337 g/mol. The second kappa shape index (κ2) is 7.22. The second-order valence-corrected chi connectivity index (χ2v) is 5.22. The van der Waals surface area contributed by atoms with Crippen molar-refractivity contribution in [3.05, 3.63) is 63.9 Å². The molecule has 2 rings (SSSR count). The first-order valence-electron chi connectivity index (χ1n) is 6.55. The molecule has 2 aromatic rings. The molecule has 0 amide bonds. The van der Waals surface area contributed by atoms with Crippen LogP contribution in [0.4, 0.5) is 10.1 Å². The summed E-state index contributed by atoms with van der Waals surface area (Å²) in [6.07, 6.45) is 0. The molecule has 5 heteroatoms. The SMILES string of the molecule is CCOC(=O)c1ccccc1NCc1ccc(Br)c(F)c1. The van der Waals surface area contributed by atoms with Gasteiger partial charge in [-0.1, -0.05) is 18.2 Å². The first kappa shape index (κ1) is 15.5. The van der Waals surface area contributed by atoms with E-state index in [0.29, 0.717) is 28.9 Å². The predicted molar refractivity (Wildman–Crippen MR) is 83.8 cm³/mol. The Kier molecular flexibility index (Phi) is 5.33. The molecule has 0 atom stereocenters. The monoisotopic (exact) mass is 351 g/mol. The molecule has 0 fully saturated rings. The molecule has 0 aliphatic carbocycles. The van der Waals surface area contributed by atoms with E-state index in [1.165, 1.54) is 6.07 Å². The number of para-hydroxylation sites is 1. The lowest BCUT2D eigenvalue weighted by Crippen LogP contribution is -2.09. The molecule has 1 N–H and O–H groups in total. The number of anilines is 1. The minimum Gasteiger partial charge on any atom is -0.462 e. The largest absolute Gasteiger partial charge is 0.462 e. The number of nitrogens with one attached hydrogen (secondary N) is 1. The first-order chi connectivity index (χ1) is 10.1. The third-order valence-corrected chi connectivity index (χ3v) is 3.53. The maximum absolute atomic E-state index is 13.5. The van der Waals surface area contributed by atoms with Gasteiger partial charge in [-0.3, -0.25) is 0 Å². The van der Waals surface area contributed by atoms with Gasteiger partial charge in [-0.05, 0) is 52.7 Å². The van der Waals surface area contributed by atoms with E-state index in [-0.39, 0.29) is 11.8 Å². The van der Waals surface area contributed by atoms with Crippen LogP contribution in [0, 0.1) is 5.82 Å². The van der Waals surface area contributed by atoms with Crippen molar-refractivity contribution in [3.8, 4) is 0 Å². The minimum absolute atomic E-state index is 0.312. The Balaban J connectivity index is 2.12. The van der Waals surface area contributed by atoms with Crippen molar-refractivity contribution in [3.63, 3.8) is 0 Å². The van der Waals surface area contributed by atoms with Gasteiger partial charge in [0, 0.05) is 12.2 Å². The molecule has 0 radical (unpaired) electrons. The van der Waals surface area contributed by atoms with Crippen LogP contribution >= 0.6 is 15.9 Å². The summed E-state index contributed by atoms with van der Waals surface area (Å²) in [6.45, 7) is 2.50. The van der Waals surface area contributed by atoms with E-state index in [1.807, 2.05) is 12.1 Å².